The first-order valence-electron chi connectivity index (χ1n) is 8.89. The Morgan fingerprint density at radius 3 is 2.55 bits per heavy atom. The third-order valence-corrected chi connectivity index (χ3v) is 5.84. The van der Waals surface area contributed by atoms with E-state index < -0.39 is 11.5 Å². The van der Waals surface area contributed by atoms with Crippen LogP contribution in [-0.4, -0.2) is 47.6 Å². The van der Waals surface area contributed by atoms with Crippen LogP contribution in [-0.2, 0) is 9.59 Å². The van der Waals surface area contributed by atoms with Gasteiger partial charge >= 0.3 is 0 Å². The van der Waals surface area contributed by atoms with Crippen LogP contribution in [0, 0.1) is 11.3 Å². The number of hydrogen-bond acceptors (Lipinski definition) is 3. The number of hydrogen-bond donors (Lipinski definition) is 2. The molecule has 1 spiro atoms. The van der Waals surface area contributed by atoms with Crippen molar-refractivity contribution in [2.75, 3.05) is 19.6 Å². The Morgan fingerprint density at radius 1 is 1.14 bits per heavy atom. The summed E-state index contributed by atoms with van der Waals surface area (Å²) in [5.41, 5.74) is -0.767. The van der Waals surface area contributed by atoms with Gasteiger partial charge < -0.3 is 15.3 Å². The summed E-state index contributed by atoms with van der Waals surface area (Å²) in [6, 6.07) is 0. The molecular weight excluding hydrogens is 280 g/mol. The highest BCUT2D eigenvalue weighted by Gasteiger charge is 2.51. The monoisotopic (exact) mass is 308 g/mol. The van der Waals surface area contributed by atoms with E-state index in [1.165, 1.54) is 12.8 Å². The second-order valence-corrected chi connectivity index (χ2v) is 7.27. The third kappa shape index (κ3) is 2.87. The number of amides is 2. The van der Waals surface area contributed by atoms with Crippen molar-refractivity contribution in [2.24, 2.45) is 11.3 Å². The van der Waals surface area contributed by atoms with Crippen LogP contribution >= 0.6 is 0 Å². The molecule has 22 heavy (non-hydrogen) atoms. The van der Waals surface area contributed by atoms with Crippen molar-refractivity contribution in [2.45, 2.75) is 63.9 Å². The summed E-state index contributed by atoms with van der Waals surface area (Å²) in [5.74, 6) is 0.276. The van der Waals surface area contributed by atoms with Crippen LogP contribution in [0.5, 0.6) is 0 Å². The lowest BCUT2D eigenvalue weighted by atomic mass is 9.71. The van der Waals surface area contributed by atoms with Gasteiger partial charge in [-0.25, -0.2) is 0 Å². The average Bonchev–Trinajstić information content (AvgIpc) is 2.81. The molecule has 124 valence electrons. The van der Waals surface area contributed by atoms with E-state index in [2.05, 4.69) is 5.32 Å². The highest BCUT2D eigenvalue weighted by Crippen LogP contribution is 2.38. The number of likely N-dealkylation sites (tertiary alicyclic amines) is 1. The molecule has 3 aliphatic rings. The molecule has 2 heterocycles. The van der Waals surface area contributed by atoms with Crippen molar-refractivity contribution >= 4 is 11.8 Å². The van der Waals surface area contributed by atoms with Gasteiger partial charge in [-0.15, -0.1) is 0 Å². The van der Waals surface area contributed by atoms with Gasteiger partial charge in [0, 0.05) is 25.6 Å². The summed E-state index contributed by atoms with van der Waals surface area (Å²) < 4.78 is 0. The van der Waals surface area contributed by atoms with E-state index in [0.29, 0.717) is 32.5 Å². The molecule has 0 radical (unpaired) electrons. The normalized spacial score (nSPS) is 34.3. The van der Waals surface area contributed by atoms with Crippen molar-refractivity contribution in [3.05, 3.63) is 0 Å². The molecule has 2 atom stereocenters. The van der Waals surface area contributed by atoms with E-state index in [1.807, 2.05) is 4.90 Å². The van der Waals surface area contributed by atoms with Gasteiger partial charge in [0.25, 0.3) is 0 Å². The molecule has 0 unspecified atom stereocenters. The Morgan fingerprint density at radius 2 is 1.86 bits per heavy atom. The fraction of sp³-hybridized carbons (Fsp3) is 0.882. The summed E-state index contributed by atoms with van der Waals surface area (Å²) in [5, 5.41) is 13.3. The summed E-state index contributed by atoms with van der Waals surface area (Å²) in [7, 11) is 0. The number of aliphatic hydroxyl groups excluding tert-OH is 1. The summed E-state index contributed by atoms with van der Waals surface area (Å²) in [4.78, 5) is 27.1. The van der Waals surface area contributed by atoms with Crippen molar-refractivity contribution in [3.8, 4) is 0 Å². The minimum Gasteiger partial charge on any atom is -0.392 e. The second-order valence-electron chi connectivity index (χ2n) is 7.27. The lowest BCUT2D eigenvalue weighted by Crippen LogP contribution is -2.62. The van der Waals surface area contributed by atoms with Crippen molar-refractivity contribution < 1.29 is 14.7 Å². The Hall–Kier alpha value is -1.10. The van der Waals surface area contributed by atoms with Gasteiger partial charge in [-0.05, 0) is 32.1 Å². The van der Waals surface area contributed by atoms with E-state index in [4.69, 9.17) is 0 Å². The van der Waals surface area contributed by atoms with Gasteiger partial charge in [-0.3, -0.25) is 9.59 Å². The molecule has 1 saturated carbocycles. The summed E-state index contributed by atoms with van der Waals surface area (Å²) in [6.07, 6.45) is 8.18. The molecule has 2 amide bonds. The molecule has 2 saturated heterocycles. The number of carbonyl (C=O) groups is 2. The topological polar surface area (TPSA) is 69.6 Å². The van der Waals surface area contributed by atoms with Crippen LogP contribution in [0.1, 0.15) is 57.8 Å². The zero-order chi connectivity index (χ0) is 15.6. The third-order valence-electron chi connectivity index (χ3n) is 5.84. The van der Waals surface area contributed by atoms with Crippen LogP contribution in [0.15, 0.2) is 0 Å². The minimum atomic E-state index is -0.767. The molecule has 0 aromatic rings. The van der Waals surface area contributed by atoms with E-state index in [9.17, 15) is 14.7 Å². The first-order chi connectivity index (χ1) is 10.6. The van der Waals surface area contributed by atoms with Crippen LogP contribution in [0.2, 0.25) is 0 Å². The molecule has 1 aliphatic carbocycles. The lowest BCUT2D eigenvalue weighted by molar-refractivity contribution is -0.156. The predicted octanol–water partition coefficient (Wildman–Crippen LogP) is 1.45. The van der Waals surface area contributed by atoms with E-state index >= 15 is 0 Å². The van der Waals surface area contributed by atoms with E-state index in [-0.39, 0.29) is 17.7 Å². The molecule has 5 heteroatoms. The van der Waals surface area contributed by atoms with Gasteiger partial charge in [0.15, 0.2) is 0 Å². The number of nitrogens with one attached hydrogen (secondary N) is 1. The molecule has 0 aromatic heterocycles. The highest BCUT2D eigenvalue weighted by molar-refractivity contribution is 5.86. The number of carbonyl (C=O) groups excluding carboxylic acids is 2. The maximum Gasteiger partial charge on any atom is 0.230 e. The molecular formula is C17H28N2O3. The van der Waals surface area contributed by atoms with Gasteiger partial charge in [0.2, 0.25) is 11.8 Å². The summed E-state index contributed by atoms with van der Waals surface area (Å²) >= 11 is 0. The Bertz CT molecular complexity index is 432. The standard InChI is InChI=1S/C17H28N2O3/c20-14-8-11-19(12-17(14)9-5-10-18-16(17)22)15(21)13-6-3-1-2-4-7-13/h13-14,20H,1-12H2,(H,18,22)/t14-,17-/m1/s1. The summed E-state index contributed by atoms with van der Waals surface area (Å²) in [6.45, 7) is 1.67. The van der Waals surface area contributed by atoms with Crippen LogP contribution in [0.4, 0.5) is 0 Å². The molecule has 2 aliphatic heterocycles. The molecule has 3 fully saturated rings. The largest absolute Gasteiger partial charge is 0.392 e. The van der Waals surface area contributed by atoms with Gasteiger partial charge in [-0.1, -0.05) is 25.7 Å². The Kier molecular flexibility index (Phi) is 4.71. The number of nitrogens with zero attached hydrogens (tertiary/aromatic N) is 1. The number of piperidine rings is 2. The quantitative estimate of drug-likeness (QED) is 0.720. The van der Waals surface area contributed by atoms with E-state index in [1.54, 1.807) is 0 Å². The maximum atomic E-state index is 12.9. The Labute approximate surface area is 132 Å². The first-order valence-corrected chi connectivity index (χ1v) is 8.89. The van der Waals surface area contributed by atoms with Crippen molar-refractivity contribution in [3.63, 3.8) is 0 Å². The second kappa shape index (κ2) is 6.57. The SMILES string of the molecule is O=C(C1CCCCCC1)N1CC[C@@H](O)[C@@]2(CCCNC2=O)C1. The zero-order valence-electron chi connectivity index (χ0n) is 13.4. The number of rotatable bonds is 1. The Balaban J connectivity index is 1.72. The molecule has 5 nitrogen and oxygen atoms in total. The number of aliphatic hydroxyl groups is 1. The van der Waals surface area contributed by atoms with Gasteiger partial charge in [0.05, 0.1) is 11.5 Å². The van der Waals surface area contributed by atoms with Crippen LogP contribution < -0.4 is 5.32 Å². The average molecular weight is 308 g/mol. The van der Waals surface area contributed by atoms with Crippen LogP contribution in [0.25, 0.3) is 0 Å². The molecule has 0 bridgehead atoms. The van der Waals surface area contributed by atoms with Crippen LogP contribution in [0.3, 0.4) is 0 Å². The predicted molar refractivity (Wildman–Crippen MR) is 83.1 cm³/mol. The molecule has 0 aromatic carbocycles. The van der Waals surface area contributed by atoms with Gasteiger partial charge in [-0.2, -0.15) is 0 Å². The maximum absolute atomic E-state index is 12.9. The fourth-order valence-electron chi connectivity index (χ4n) is 4.42. The lowest BCUT2D eigenvalue weighted by Gasteiger charge is -2.47. The molecule has 2 N–H and O–H groups in total. The highest BCUT2D eigenvalue weighted by atomic mass is 16.3. The van der Waals surface area contributed by atoms with Gasteiger partial charge in [0.1, 0.15) is 0 Å². The van der Waals surface area contributed by atoms with E-state index in [0.717, 1.165) is 32.1 Å². The zero-order valence-corrected chi connectivity index (χ0v) is 13.4. The van der Waals surface area contributed by atoms with Crippen molar-refractivity contribution in [1.29, 1.82) is 0 Å². The first kappa shape index (κ1) is 15.8. The molecule has 3 rings (SSSR count). The smallest absolute Gasteiger partial charge is 0.230 e. The fourth-order valence-corrected chi connectivity index (χ4v) is 4.42. The van der Waals surface area contributed by atoms with Crippen molar-refractivity contribution in [1.82, 2.24) is 10.2 Å². The minimum absolute atomic E-state index is 0.0652.